The molecule has 33 heavy (non-hydrogen) atoms. The number of fused-ring (bicyclic) bond motifs is 1. The number of rotatable bonds is 11. The maximum absolute atomic E-state index is 13.4. The molecule has 3 aromatic rings. The lowest BCUT2D eigenvalue weighted by atomic mass is 10.00. The molecule has 0 aromatic heterocycles. The quantitative estimate of drug-likeness (QED) is 0.386. The van der Waals surface area contributed by atoms with Crippen LogP contribution in [0.4, 0.5) is 4.39 Å². The standard InChI is InChI=1S/C28H33FN2O2/c1-3-5-19-30-28(33)26(4-2)31(20-21-13-16-24(29)17-14-21)27(32)18-15-23-11-8-10-22-9-6-7-12-25(22)23/h6-14,16-17,26H,3-5,15,18-20H2,1-2H3,(H,30,33)/t26-/m1/s1. The van der Waals surface area contributed by atoms with Gasteiger partial charge in [0.05, 0.1) is 0 Å². The van der Waals surface area contributed by atoms with Crippen LogP contribution >= 0.6 is 0 Å². The van der Waals surface area contributed by atoms with E-state index in [0.29, 0.717) is 25.8 Å². The summed E-state index contributed by atoms with van der Waals surface area (Å²) in [5.41, 5.74) is 1.92. The smallest absolute Gasteiger partial charge is 0.242 e. The van der Waals surface area contributed by atoms with Crippen molar-refractivity contribution in [1.29, 1.82) is 0 Å². The SMILES string of the molecule is CCCCNC(=O)[C@@H](CC)N(Cc1ccc(F)cc1)C(=O)CCc1cccc2ccccc12. The summed E-state index contributed by atoms with van der Waals surface area (Å²) in [6.07, 6.45) is 3.29. The largest absolute Gasteiger partial charge is 0.354 e. The number of amides is 2. The van der Waals surface area contributed by atoms with Crippen LogP contribution in [0.5, 0.6) is 0 Å². The van der Waals surface area contributed by atoms with Gasteiger partial charge in [-0.25, -0.2) is 4.39 Å². The highest BCUT2D eigenvalue weighted by molar-refractivity contribution is 5.89. The van der Waals surface area contributed by atoms with Gasteiger partial charge in [-0.3, -0.25) is 9.59 Å². The maximum Gasteiger partial charge on any atom is 0.242 e. The fourth-order valence-electron chi connectivity index (χ4n) is 4.11. The topological polar surface area (TPSA) is 49.4 Å². The summed E-state index contributed by atoms with van der Waals surface area (Å²) < 4.78 is 13.4. The zero-order chi connectivity index (χ0) is 23.6. The van der Waals surface area contributed by atoms with E-state index in [0.717, 1.165) is 34.7 Å². The van der Waals surface area contributed by atoms with Gasteiger partial charge in [0, 0.05) is 19.5 Å². The van der Waals surface area contributed by atoms with Crippen molar-refractivity contribution >= 4 is 22.6 Å². The van der Waals surface area contributed by atoms with Crippen molar-refractivity contribution < 1.29 is 14.0 Å². The Kier molecular flexibility index (Phi) is 8.99. The van der Waals surface area contributed by atoms with Crippen LogP contribution in [0.1, 0.15) is 50.7 Å². The molecule has 3 rings (SSSR count). The number of carbonyl (C=O) groups is 2. The van der Waals surface area contributed by atoms with Crippen molar-refractivity contribution in [3.63, 3.8) is 0 Å². The monoisotopic (exact) mass is 448 g/mol. The summed E-state index contributed by atoms with van der Waals surface area (Å²) in [4.78, 5) is 28.0. The van der Waals surface area contributed by atoms with Gasteiger partial charge < -0.3 is 10.2 Å². The molecule has 0 unspecified atom stereocenters. The lowest BCUT2D eigenvalue weighted by Crippen LogP contribution is -2.49. The zero-order valence-corrected chi connectivity index (χ0v) is 19.5. The summed E-state index contributed by atoms with van der Waals surface area (Å²) in [7, 11) is 0. The Morgan fingerprint density at radius 3 is 2.42 bits per heavy atom. The third kappa shape index (κ3) is 6.64. The molecule has 174 valence electrons. The lowest BCUT2D eigenvalue weighted by molar-refractivity contribution is -0.141. The molecule has 2 amide bonds. The molecule has 5 heteroatoms. The fourth-order valence-corrected chi connectivity index (χ4v) is 4.11. The Bertz CT molecular complexity index is 1060. The fraction of sp³-hybridized carbons (Fsp3) is 0.357. The van der Waals surface area contributed by atoms with E-state index in [-0.39, 0.29) is 24.2 Å². The lowest BCUT2D eigenvalue weighted by Gasteiger charge is -2.31. The molecule has 3 aromatic carbocycles. The van der Waals surface area contributed by atoms with Crippen molar-refractivity contribution in [3.05, 3.63) is 83.7 Å². The van der Waals surface area contributed by atoms with Gasteiger partial charge in [0.15, 0.2) is 0 Å². The van der Waals surface area contributed by atoms with Crippen LogP contribution in [-0.4, -0.2) is 29.3 Å². The summed E-state index contributed by atoms with van der Waals surface area (Å²) in [5.74, 6) is -0.534. The highest BCUT2D eigenvalue weighted by Crippen LogP contribution is 2.21. The number of unbranched alkanes of at least 4 members (excludes halogenated alkanes) is 1. The van der Waals surface area contributed by atoms with Gasteiger partial charge in [0.2, 0.25) is 11.8 Å². The molecule has 0 fully saturated rings. The van der Waals surface area contributed by atoms with Crippen LogP contribution in [0.2, 0.25) is 0 Å². The van der Waals surface area contributed by atoms with Crippen LogP contribution in [-0.2, 0) is 22.6 Å². The predicted molar refractivity (Wildman–Crippen MR) is 131 cm³/mol. The van der Waals surface area contributed by atoms with Crippen molar-refractivity contribution in [2.24, 2.45) is 0 Å². The first-order valence-corrected chi connectivity index (χ1v) is 11.8. The maximum atomic E-state index is 13.4. The number of benzene rings is 3. The molecule has 0 spiro atoms. The van der Waals surface area contributed by atoms with Crippen LogP contribution in [0, 0.1) is 5.82 Å². The number of aryl methyl sites for hydroxylation is 1. The second-order valence-corrected chi connectivity index (χ2v) is 8.36. The van der Waals surface area contributed by atoms with Crippen molar-refractivity contribution in [2.75, 3.05) is 6.54 Å². The predicted octanol–water partition coefficient (Wildman–Crippen LogP) is 5.64. The molecule has 0 aliphatic heterocycles. The van der Waals surface area contributed by atoms with Gasteiger partial charge in [-0.15, -0.1) is 0 Å². The Balaban J connectivity index is 1.79. The van der Waals surface area contributed by atoms with Crippen molar-refractivity contribution in [1.82, 2.24) is 10.2 Å². The first-order valence-electron chi connectivity index (χ1n) is 11.8. The van der Waals surface area contributed by atoms with E-state index in [1.54, 1.807) is 17.0 Å². The van der Waals surface area contributed by atoms with Gasteiger partial charge in [0.25, 0.3) is 0 Å². The number of hydrogen-bond acceptors (Lipinski definition) is 2. The Morgan fingerprint density at radius 2 is 1.70 bits per heavy atom. The summed E-state index contributed by atoms with van der Waals surface area (Å²) in [6.45, 7) is 4.86. The van der Waals surface area contributed by atoms with E-state index in [4.69, 9.17) is 0 Å². The van der Waals surface area contributed by atoms with Crippen molar-refractivity contribution in [2.45, 2.75) is 58.5 Å². The van der Waals surface area contributed by atoms with E-state index < -0.39 is 6.04 Å². The summed E-state index contributed by atoms with van der Waals surface area (Å²) in [6, 6.07) is 19.8. The number of nitrogens with one attached hydrogen (secondary N) is 1. The van der Waals surface area contributed by atoms with E-state index >= 15 is 0 Å². The molecule has 1 N–H and O–H groups in total. The van der Waals surface area contributed by atoms with E-state index in [2.05, 4.69) is 36.5 Å². The number of carbonyl (C=O) groups excluding carboxylic acids is 2. The van der Waals surface area contributed by atoms with Crippen molar-refractivity contribution in [3.8, 4) is 0 Å². The summed E-state index contributed by atoms with van der Waals surface area (Å²) in [5, 5.41) is 5.26. The highest BCUT2D eigenvalue weighted by Gasteiger charge is 2.28. The van der Waals surface area contributed by atoms with Crippen LogP contribution in [0.25, 0.3) is 10.8 Å². The van der Waals surface area contributed by atoms with Crippen LogP contribution in [0.15, 0.2) is 66.7 Å². The van der Waals surface area contributed by atoms with E-state index in [9.17, 15) is 14.0 Å². The Hall–Kier alpha value is -3.21. The first kappa shape index (κ1) is 24.4. The first-order chi connectivity index (χ1) is 16.0. The Morgan fingerprint density at radius 1 is 0.970 bits per heavy atom. The molecule has 0 saturated carbocycles. The van der Waals surface area contributed by atoms with Crippen LogP contribution < -0.4 is 5.32 Å². The minimum absolute atomic E-state index is 0.0789. The summed E-state index contributed by atoms with van der Waals surface area (Å²) >= 11 is 0. The minimum atomic E-state index is -0.563. The molecule has 0 bridgehead atoms. The molecule has 0 radical (unpaired) electrons. The average Bonchev–Trinajstić information content (AvgIpc) is 2.83. The van der Waals surface area contributed by atoms with Gasteiger partial charge in [-0.1, -0.05) is 74.9 Å². The molecule has 0 aliphatic rings. The second kappa shape index (κ2) is 12.1. The molecule has 0 aliphatic carbocycles. The molecule has 0 heterocycles. The molecule has 4 nitrogen and oxygen atoms in total. The molecular formula is C28H33FN2O2. The zero-order valence-electron chi connectivity index (χ0n) is 19.5. The van der Waals surface area contributed by atoms with E-state index in [1.165, 1.54) is 12.1 Å². The van der Waals surface area contributed by atoms with Gasteiger partial charge >= 0.3 is 0 Å². The van der Waals surface area contributed by atoms with Gasteiger partial charge in [-0.05, 0) is 53.3 Å². The number of hydrogen-bond donors (Lipinski definition) is 1. The number of halogens is 1. The van der Waals surface area contributed by atoms with Crippen LogP contribution in [0.3, 0.4) is 0 Å². The van der Waals surface area contributed by atoms with E-state index in [1.807, 2.05) is 25.1 Å². The molecule has 1 atom stereocenters. The second-order valence-electron chi connectivity index (χ2n) is 8.36. The Labute approximate surface area is 195 Å². The molecular weight excluding hydrogens is 415 g/mol. The third-order valence-electron chi connectivity index (χ3n) is 5.97. The number of nitrogens with zero attached hydrogens (tertiary/aromatic N) is 1. The van der Waals surface area contributed by atoms with Gasteiger partial charge in [-0.2, -0.15) is 0 Å². The van der Waals surface area contributed by atoms with Gasteiger partial charge in [0.1, 0.15) is 11.9 Å². The highest BCUT2D eigenvalue weighted by atomic mass is 19.1. The minimum Gasteiger partial charge on any atom is -0.354 e. The normalized spacial score (nSPS) is 11.8. The third-order valence-corrected chi connectivity index (χ3v) is 5.97. The average molecular weight is 449 g/mol. The molecule has 0 saturated heterocycles.